The molecule has 2 aromatic heterocycles. The van der Waals surface area contributed by atoms with Crippen LogP contribution in [0.5, 0.6) is 0 Å². The number of aromatic nitrogens is 5. The molecule has 1 saturated carbocycles. The van der Waals surface area contributed by atoms with E-state index in [9.17, 15) is 9.90 Å². The minimum absolute atomic E-state index is 0.0477. The zero-order valence-electron chi connectivity index (χ0n) is 18.5. The number of aryl methyl sites for hydroxylation is 1. The SMILES string of the molecule is CC[C@H](c1nnnn1C1CCCC1)[NH+](CCCO)Cc1cc2cccc(C)c2[nH]c1=O. The molecule has 0 aliphatic heterocycles. The van der Waals surface area contributed by atoms with E-state index in [0.29, 0.717) is 19.0 Å². The summed E-state index contributed by atoms with van der Waals surface area (Å²) >= 11 is 0. The molecule has 1 aliphatic rings. The van der Waals surface area contributed by atoms with Gasteiger partial charge in [-0.25, -0.2) is 4.68 Å². The van der Waals surface area contributed by atoms with Crippen LogP contribution in [0.3, 0.4) is 0 Å². The number of tetrazole rings is 1. The van der Waals surface area contributed by atoms with Crippen molar-refractivity contribution in [1.29, 1.82) is 0 Å². The van der Waals surface area contributed by atoms with E-state index in [1.54, 1.807) is 0 Å². The summed E-state index contributed by atoms with van der Waals surface area (Å²) in [6.45, 7) is 5.59. The number of aliphatic hydroxyl groups excluding tert-OH is 1. The zero-order valence-corrected chi connectivity index (χ0v) is 18.5. The molecular weight excluding hydrogens is 392 g/mol. The standard InChI is InChI=1S/C23H32N6O2/c1-3-20(22-25-26-27-29(22)19-10-4-5-11-19)28(12-7-13-30)15-18-14-17-9-6-8-16(2)21(17)24-23(18)31/h6,8-9,14,19-20,30H,3-5,7,10-13,15H2,1-2H3,(H,24,31)/p+1/t20-/m1/s1. The van der Waals surface area contributed by atoms with Crippen LogP contribution in [-0.4, -0.2) is 43.4 Å². The highest BCUT2D eigenvalue weighted by molar-refractivity contribution is 5.81. The van der Waals surface area contributed by atoms with Gasteiger partial charge in [0.1, 0.15) is 12.6 Å². The van der Waals surface area contributed by atoms with E-state index < -0.39 is 0 Å². The second-order valence-electron chi connectivity index (χ2n) is 8.71. The molecule has 2 atom stereocenters. The van der Waals surface area contributed by atoms with Crippen molar-refractivity contribution in [2.75, 3.05) is 13.2 Å². The summed E-state index contributed by atoms with van der Waals surface area (Å²) in [6, 6.07) is 8.49. The molecule has 2 heterocycles. The number of rotatable bonds is 9. The Balaban J connectivity index is 1.67. The molecule has 0 spiro atoms. The van der Waals surface area contributed by atoms with Gasteiger partial charge in [-0.05, 0) is 47.2 Å². The Hall–Kier alpha value is -2.58. The first-order valence-electron chi connectivity index (χ1n) is 11.5. The van der Waals surface area contributed by atoms with Crippen LogP contribution in [-0.2, 0) is 6.54 Å². The zero-order chi connectivity index (χ0) is 21.8. The molecule has 0 bridgehead atoms. The van der Waals surface area contributed by atoms with Gasteiger partial charge >= 0.3 is 0 Å². The number of aliphatic hydroxyl groups is 1. The lowest BCUT2D eigenvalue weighted by Gasteiger charge is -2.28. The van der Waals surface area contributed by atoms with Crippen LogP contribution in [0.4, 0.5) is 0 Å². The van der Waals surface area contributed by atoms with Gasteiger partial charge in [0, 0.05) is 19.4 Å². The molecule has 1 aliphatic carbocycles. The summed E-state index contributed by atoms with van der Waals surface area (Å²) in [5.41, 5.74) is 2.66. The van der Waals surface area contributed by atoms with E-state index in [2.05, 4.69) is 27.4 Å². The van der Waals surface area contributed by atoms with Gasteiger partial charge in [-0.15, -0.1) is 5.10 Å². The highest BCUT2D eigenvalue weighted by atomic mass is 16.3. The topological polar surface area (TPSA) is 101 Å². The van der Waals surface area contributed by atoms with Crippen molar-refractivity contribution in [3.05, 3.63) is 51.6 Å². The highest BCUT2D eigenvalue weighted by Crippen LogP contribution is 2.30. The third kappa shape index (κ3) is 4.55. The van der Waals surface area contributed by atoms with Crippen LogP contribution in [0.2, 0.25) is 0 Å². The summed E-state index contributed by atoms with van der Waals surface area (Å²) in [5, 5.41) is 23.3. The van der Waals surface area contributed by atoms with Crippen molar-refractivity contribution < 1.29 is 10.0 Å². The lowest BCUT2D eigenvalue weighted by atomic mass is 10.1. The molecule has 0 radical (unpaired) electrons. The van der Waals surface area contributed by atoms with Gasteiger partial charge in [-0.1, -0.05) is 38.0 Å². The summed E-state index contributed by atoms with van der Waals surface area (Å²) < 4.78 is 2.02. The number of nitrogens with one attached hydrogen (secondary N) is 2. The van der Waals surface area contributed by atoms with Crippen molar-refractivity contribution in [3.8, 4) is 0 Å². The van der Waals surface area contributed by atoms with Crippen molar-refractivity contribution in [1.82, 2.24) is 25.2 Å². The maximum atomic E-state index is 12.9. The fourth-order valence-corrected chi connectivity index (χ4v) is 4.99. The number of quaternary nitrogens is 1. The summed E-state index contributed by atoms with van der Waals surface area (Å²) in [7, 11) is 0. The number of nitrogens with zero attached hydrogens (tertiary/aromatic N) is 4. The first kappa shape index (κ1) is 21.6. The van der Waals surface area contributed by atoms with Gasteiger partial charge in [0.25, 0.3) is 5.56 Å². The summed E-state index contributed by atoms with van der Waals surface area (Å²) in [4.78, 5) is 17.2. The van der Waals surface area contributed by atoms with Gasteiger partial charge in [0.15, 0.2) is 0 Å². The second-order valence-corrected chi connectivity index (χ2v) is 8.71. The van der Waals surface area contributed by atoms with Crippen LogP contribution in [0.15, 0.2) is 29.1 Å². The summed E-state index contributed by atoms with van der Waals surface area (Å²) in [5.74, 6) is 0.899. The Morgan fingerprint density at radius 1 is 1.32 bits per heavy atom. The van der Waals surface area contributed by atoms with Gasteiger partial charge < -0.3 is 15.0 Å². The predicted molar refractivity (Wildman–Crippen MR) is 119 cm³/mol. The van der Waals surface area contributed by atoms with Gasteiger partial charge in [-0.2, -0.15) is 0 Å². The highest BCUT2D eigenvalue weighted by Gasteiger charge is 2.32. The van der Waals surface area contributed by atoms with E-state index in [0.717, 1.165) is 53.7 Å². The molecular formula is C23H33N6O2+. The van der Waals surface area contributed by atoms with E-state index >= 15 is 0 Å². The molecule has 1 aromatic carbocycles. The van der Waals surface area contributed by atoms with E-state index in [-0.39, 0.29) is 18.2 Å². The molecule has 8 nitrogen and oxygen atoms in total. The monoisotopic (exact) mass is 425 g/mol. The van der Waals surface area contributed by atoms with Crippen molar-refractivity contribution >= 4 is 10.9 Å². The second kappa shape index (κ2) is 9.70. The Labute approximate surface area is 182 Å². The number of hydrogen-bond donors (Lipinski definition) is 3. The lowest BCUT2D eigenvalue weighted by Crippen LogP contribution is -3.11. The van der Waals surface area contributed by atoms with E-state index in [4.69, 9.17) is 0 Å². The first-order chi connectivity index (χ1) is 15.1. The number of pyridine rings is 1. The van der Waals surface area contributed by atoms with Crippen molar-refractivity contribution in [2.45, 2.75) is 71.0 Å². The largest absolute Gasteiger partial charge is 0.396 e. The molecule has 0 amide bonds. The van der Waals surface area contributed by atoms with Crippen LogP contribution in [0.1, 0.15) is 74.5 Å². The Bertz CT molecular complexity index is 1070. The van der Waals surface area contributed by atoms with Crippen LogP contribution in [0, 0.1) is 6.92 Å². The molecule has 31 heavy (non-hydrogen) atoms. The Morgan fingerprint density at radius 3 is 2.87 bits per heavy atom. The fourth-order valence-electron chi connectivity index (χ4n) is 4.99. The van der Waals surface area contributed by atoms with Crippen molar-refractivity contribution in [2.24, 2.45) is 0 Å². The molecule has 3 N–H and O–H groups in total. The number of H-pyrrole nitrogens is 1. The van der Waals surface area contributed by atoms with Gasteiger partial charge in [0.05, 0.1) is 23.7 Å². The van der Waals surface area contributed by atoms with Crippen LogP contribution >= 0.6 is 0 Å². The minimum atomic E-state index is -0.0477. The maximum absolute atomic E-state index is 12.9. The van der Waals surface area contributed by atoms with Crippen LogP contribution in [0.25, 0.3) is 10.9 Å². The van der Waals surface area contributed by atoms with E-state index in [1.807, 2.05) is 35.9 Å². The smallest absolute Gasteiger partial charge is 0.257 e. The average Bonchev–Trinajstić information content (AvgIpc) is 3.45. The lowest BCUT2D eigenvalue weighted by molar-refractivity contribution is -0.946. The molecule has 4 rings (SSSR count). The fraction of sp³-hybridized carbons (Fsp3) is 0.565. The quantitative estimate of drug-likeness (QED) is 0.486. The number of fused-ring (bicyclic) bond motifs is 1. The van der Waals surface area contributed by atoms with Crippen molar-refractivity contribution in [3.63, 3.8) is 0 Å². The molecule has 1 unspecified atom stereocenters. The summed E-state index contributed by atoms with van der Waals surface area (Å²) in [6.07, 6.45) is 6.19. The van der Waals surface area contributed by atoms with Crippen LogP contribution < -0.4 is 10.5 Å². The Kier molecular flexibility index (Phi) is 6.77. The average molecular weight is 426 g/mol. The van der Waals surface area contributed by atoms with Gasteiger partial charge in [-0.3, -0.25) is 4.79 Å². The predicted octanol–water partition coefficient (Wildman–Crippen LogP) is 1.86. The van der Waals surface area contributed by atoms with Gasteiger partial charge in [0.2, 0.25) is 5.82 Å². The minimum Gasteiger partial charge on any atom is -0.396 e. The molecule has 1 fully saturated rings. The third-order valence-electron chi connectivity index (χ3n) is 6.64. The first-order valence-corrected chi connectivity index (χ1v) is 11.5. The third-order valence-corrected chi connectivity index (χ3v) is 6.64. The number of para-hydroxylation sites is 1. The molecule has 166 valence electrons. The number of aromatic amines is 1. The number of hydrogen-bond acceptors (Lipinski definition) is 5. The normalized spacial score (nSPS) is 16.7. The molecule has 3 aromatic rings. The Morgan fingerprint density at radius 2 is 2.13 bits per heavy atom. The number of benzene rings is 1. The maximum Gasteiger partial charge on any atom is 0.257 e. The van der Waals surface area contributed by atoms with E-state index in [1.165, 1.54) is 17.7 Å². The molecule has 8 heteroatoms. The molecule has 0 saturated heterocycles.